The highest BCUT2D eigenvalue weighted by Gasteiger charge is 2.38. The number of hydrogen-bond acceptors (Lipinski definition) is 5. The minimum atomic E-state index is -4.60. The molecule has 0 spiro atoms. The van der Waals surface area contributed by atoms with Crippen LogP contribution in [0, 0.1) is 5.92 Å². The molecule has 2 aromatic rings. The number of alkyl halides is 3. The monoisotopic (exact) mass is 329 g/mol. The molecule has 1 N–H and O–H groups in total. The Kier molecular flexibility index (Phi) is 3.70. The van der Waals surface area contributed by atoms with E-state index in [9.17, 15) is 18.3 Å². The van der Waals surface area contributed by atoms with Gasteiger partial charge in [0.15, 0.2) is 5.65 Å². The molecule has 0 radical (unpaired) electrons. The Morgan fingerprint density at radius 3 is 2.35 bits per heavy atom. The molecule has 3 heterocycles. The zero-order valence-electron chi connectivity index (χ0n) is 12.9. The quantitative estimate of drug-likeness (QED) is 0.914. The second kappa shape index (κ2) is 5.33. The topological polar surface area (TPSA) is 66.5 Å². The van der Waals surface area contributed by atoms with Crippen LogP contribution in [0.15, 0.2) is 12.1 Å². The van der Waals surface area contributed by atoms with Gasteiger partial charge in [-0.1, -0.05) is 0 Å². The lowest BCUT2D eigenvalue weighted by molar-refractivity contribution is -0.146. The van der Waals surface area contributed by atoms with E-state index in [0.29, 0.717) is 18.9 Å². The Morgan fingerprint density at radius 1 is 1.13 bits per heavy atom. The fraction of sp³-hybridized carbons (Fsp3) is 0.643. The normalized spacial score (nSPS) is 17.9. The van der Waals surface area contributed by atoms with Crippen molar-refractivity contribution in [1.82, 2.24) is 19.8 Å². The van der Waals surface area contributed by atoms with Gasteiger partial charge in [-0.05, 0) is 44.7 Å². The van der Waals surface area contributed by atoms with E-state index in [-0.39, 0.29) is 11.6 Å². The molecule has 9 heteroatoms. The van der Waals surface area contributed by atoms with Crippen molar-refractivity contribution in [2.45, 2.75) is 38.5 Å². The van der Waals surface area contributed by atoms with Gasteiger partial charge < -0.3 is 10.0 Å². The number of fused-ring (bicyclic) bond motifs is 1. The summed E-state index contributed by atoms with van der Waals surface area (Å²) in [5.74, 6) is -0.499. The Labute approximate surface area is 130 Å². The van der Waals surface area contributed by atoms with Gasteiger partial charge >= 0.3 is 6.18 Å². The molecular formula is C14H18F3N5O. The van der Waals surface area contributed by atoms with Gasteiger partial charge in [0.1, 0.15) is 5.82 Å². The number of aliphatic hydroxyl groups is 1. The molecular weight excluding hydrogens is 311 g/mol. The van der Waals surface area contributed by atoms with Crippen LogP contribution in [0.5, 0.6) is 0 Å². The molecule has 1 fully saturated rings. The Morgan fingerprint density at radius 2 is 1.78 bits per heavy atom. The SMILES string of the molecule is CC(C)(O)C1CCN(c2ccc3nnc(C(F)(F)F)n3n2)CC1. The molecule has 0 bridgehead atoms. The fourth-order valence-electron chi connectivity index (χ4n) is 2.94. The molecule has 0 amide bonds. The van der Waals surface area contributed by atoms with Crippen LogP contribution in [0.25, 0.3) is 5.65 Å². The summed E-state index contributed by atoms with van der Waals surface area (Å²) in [6.07, 6.45) is -3.08. The molecule has 1 aliphatic heterocycles. The maximum Gasteiger partial charge on any atom is 0.453 e. The Hall–Kier alpha value is -1.90. The molecule has 126 valence electrons. The highest BCUT2D eigenvalue weighted by atomic mass is 19.4. The summed E-state index contributed by atoms with van der Waals surface area (Å²) in [6, 6.07) is 3.13. The number of halogens is 3. The number of aromatic nitrogens is 4. The molecule has 0 saturated carbocycles. The van der Waals surface area contributed by atoms with Crippen molar-refractivity contribution in [3.05, 3.63) is 18.0 Å². The molecule has 0 unspecified atom stereocenters. The van der Waals surface area contributed by atoms with Crippen LogP contribution >= 0.6 is 0 Å². The van der Waals surface area contributed by atoms with E-state index < -0.39 is 17.6 Å². The first kappa shape index (κ1) is 16.0. The molecule has 23 heavy (non-hydrogen) atoms. The smallest absolute Gasteiger partial charge is 0.390 e. The van der Waals surface area contributed by atoms with Crippen LogP contribution in [0.1, 0.15) is 32.5 Å². The maximum absolute atomic E-state index is 12.9. The third-order valence-corrected chi connectivity index (χ3v) is 4.32. The van der Waals surface area contributed by atoms with Crippen molar-refractivity contribution in [2.75, 3.05) is 18.0 Å². The maximum atomic E-state index is 12.9. The average molecular weight is 329 g/mol. The molecule has 3 rings (SSSR count). The summed E-state index contributed by atoms with van der Waals surface area (Å²) in [4.78, 5) is 1.92. The third kappa shape index (κ3) is 3.10. The van der Waals surface area contributed by atoms with Crippen LogP contribution < -0.4 is 4.90 Å². The average Bonchev–Trinajstić information content (AvgIpc) is 2.89. The van der Waals surface area contributed by atoms with Gasteiger partial charge in [-0.2, -0.15) is 17.7 Å². The van der Waals surface area contributed by atoms with Crippen molar-refractivity contribution in [3.63, 3.8) is 0 Å². The number of hydrogen-bond donors (Lipinski definition) is 1. The highest BCUT2D eigenvalue weighted by Crippen LogP contribution is 2.31. The summed E-state index contributed by atoms with van der Waals surface area (Å²) < 4.78 is 39.4. The lowest BCUT2D eigenvalue weighted by Gasteiger charge is -2.38. The van der Waals surface area contributed by atoms with E-state index >= 15 is 0 Å². The second-order valence-electron chi connectivity index (χ2n) is 6.40. The summed E-state index contributed by atoms with van der Waals surface area (Å²) in [7, 11) is 0. The minimum absolute atomic E-state index is 0.0625. The highest BCUT2D eigenvalue weighted by molar-refractivity contribution is 5.46. The summed E-state index contributed by atoms with van der Waals surface area (Å²) in [5, 5.41) is 20.8. The summed E-state index contributed by atoms with van der Waals surface area (Å²) in [6.45, 7) is 4.84. The van der Waals surface area contributed by atoms with Crippen LogP contribution in [-0.2, 0) is 6.18 Å². The van der Waals surface area contributed by atoms with Gasteiger partial charge in [0.05, 0.1) is 5.60 Å². The number of piperidine rings is 1. The first-order valence-corrected chi connectivity index (χ1v) is 7.43. The Bertz CT molecular complexity index is 698. The van der Waals surface area contributed by atoms with Crippen molar-refractivity contribution in [3.8, 4) is 0 Å². The van der Waals surface area contributed by atoms with Crippen LogP contribution in [-0.4, -0.2) is 43.6 Å². The van der Waals surface area contributed by atoms with Crippen LogP contribution in [0.3, 0.4) is 0 Å². The van der Waals surface area contributed by atoms with Crippen molar-refractivity contribution in [2.24, 2.45) is 5.92 Å². The van der Waals surface area contributed by atoms with Gasteiger partial charge in [-0.15, -0.1) is 15.3 Å². The van der Waals surface area contributed by atoms with Crippen molar-refractivity contribution in [1.29, 1.82) is 0 Å². The molecule has 0 aromatic carbocycles. The van der Waals surface area contributed by atoms with E-state index in [1.807, 2.05) is 4.90 Å². The minimum Gasteiger partial charge on any atom is -0.390 e. The standard InChI is InChI=1S/C14H18F3N5O/c1-13(2,23)9-5-7-21(8-6-9)11-4-3-10-18-19-12(14(15,16)17)22(10)20-11/h3-4,9,23H,5-8H2,1-2H3. The number of nitrogens with zero attached hydrogens (tertiary/aromatic N) is 5. The van der Waals surface area contributed by atoms with Crippen molar-refractivity contribution >= 4 is 11.5 Å². The largest absolute Gasteiger partial charge is 0.453 e. The third-order valence-electron chi connectivity index (χ3n) is 4.32. The predicted molar refractivity (Wildman–Crippen MR) is 77.0 cm³/mol. The molecule has 0 aliphatic carbocycles. The second-order valence-corrected chi connectivity index (χ2v) is 6.40. The summed E-state index contributed by atoms with van der Waals surface area (Å²) >= 11 is 0. The van der Waals surface area contributed by atoms with Gasteiger partial charge in [0, 0.05) is 13.1 Å². The van der Waals surface area contributed by atoms with E-state index in [0.717, 1.165) is 17.4 Å². The predicted octanol–water partition coefficient (Wildman–Crippen LogP) is 2.13. The molecule has 6 nitrogen and oxygen atoms in total. The first-order valence-electron chi connectivity index (χ1n) is 7.43. The van der Waals surface area contributed by atoms with Crippen LogP contribution in [0.2, 0.25) is 0 Å². The first-order chi connectivity index (χ1) is 10.7. The fourth-order valence-corrected chi connectivity index (χ4v) is 2.94. The lowest BCUT2D eigenvalue weighted by Crippen LogP contribution is -2.42. The van der Waals surface area contributed by atoms with E-state index in [2.05, 4.69) is 15.3 Å². The molecule has 0 atom stereocenters. The zero-order valence-corrected chi connectivity index (χ0v) is 12.9. The molecule has 2 aromatic heterocycles. The van der Waals surface area contributed by atoms with E-state index in [1.54, 1.807) is 19.9 Å². The van der Waals surface area contributed by atoms with Crippen molar-refractivity contribution < 1.29 is 18.3 Å². The zero-order chi connectivity index (χ0) is 16.8. The molecule has 1 aliphatic rings. The summed E-state index contributed by atoms with van der Waals surface area (Å²) in [5.41, 5.74) is -0.686. The number of anilines is 1. The number of rotatable bonds is 2. The van der Waals surface area contributed by atoms with Crippen LogP contribution in [0.4, 0.5) is 19.0 Å². The van der Waals surface area contributed by atoms with E-state index in [4.69, 9.17) is 0 Å². The van der Waals surface area contributed by atoms with E-state index in [1.165, 1.54) is 6.07 Å². The van der Waals surface area contributed by atoms with Gasteiger partial charge in [-0.3, -0.25) is 0 Å². The van der Waals surface area contributed by atoms with Gasteiger partial charge in [-0.25, -0.2) is 0 Å². The Balaban J connectivity index is 1.84. The molecule has 1 saturated heterocycles. The van der Waals surface area contributed by atoms with Gasteiger partial charge in [0.2, 0.25) is 0 Å². The van der Waals surface area contributed by atoms with Gasteiger partial charge in [0.25, 0.3) is 5.82 Å². The lowest BCUT2D eigenvalue weighted by atomic mass is 9.83.